The molecule has 0 bridgehead atoms. The van der Waals surface area contributed by atoms with Gasteiger partial charge in [-0.25, -0.2) is 0 Å². The summed E-state index contributed by atoms with van der Waals surface area (Å²) in [5.41, 5.74) is 0.606. The van der Waals surface area contributed by atoms with E-state index in [4.69, 9.17) is 23.2 Å². The maximum absolute atomic E-state index is 11.3. The highest BCUT2D eigenvalue weighted by Crippen LogP contribution is 2.19. The predicted octanol–water partition coefficient (Wildman–Crippen LogP) is 3.30. The van der Waals surface area contributed by atoms with Crippen molar-refractivity contribution in [3.05, 3.63) is 28.0 Å². The lowest BCUT2D eigenvalue weighted by atomic mass is 10.1. The Morgan fingerprint density at radius 1 is 1.50 bits per heavy atom. The molecule has 0 fully saturated rings. The fourth-order valence-electron chi connectivity index (χ4n) is 1.13. The zero-order chi connectivity index (χ0) is 10.6. The Kier molecular flexibility index (Phi) is 4.36. The maximum atomic E-state index is 11.3. The second-order valence-corrected chi connectivity index (χ2v) is 3.89. The van der Waals surface area contributed by atoms with Crippen LogP contribution in [0.5, 0.6) is 0 Å². The number of hydrogen-bond donors (Lipinski definition) is 0. The molecular weight excluding hydrogens is 221 g/mol. The smallest absolute Gasteiger partial charge is 0.138 e. The molecule has 0 spiro atoms. The summed E-state index contributed by atoms with van der Waals surface area (Å²) in [5.74, 6) is 0.157. The molecule has 1 rings (SSSR count). The Hall–Kier alpha value is -0.600. The minimum absolute atomic E-state index is 0.157. The monoisotopic (exact) mass is 231 g/mol. The first-order chi connectivity index (χ1) is 6.63. The van der Waals surface area contributed by atoms with Crippen LogP contribution in [-0.2, 0) is 11.2 Å². The maximum Gasteiger partial charge on any atom is 0.138 e. The van der Waals surface area contributed by atoms with Crippen LogP contribution in [-0.4, -0.2) is 10.8 Å². The van der Waals surface area contributed by atoms with Crippen LogP contribution in [0.3, 0.4) is 0 Å². The van der Waals surface area contributed by atoms with Gasteiger partial charge in [0.1, 0.15) is 5.78 Å². The lowest BCUT2D eigenvalue weighted by molar-refractivity contribution is -0.118. The number of hydrogen-bond acceptors (Lipinski definition) is 2. The summed E-state index contributed by atoms with van der Waals surface area (Å²) in [6, 6.07) is 1.60. The van der Waals surface area contributed by atoms with Crippen LogP contribution >= 0.6 is 23.2 Å². The van der Waals surface area contributed by atoms with Crippen LogP contribution in [0.15, 0.2) is 12.3 Å². The molecule has 1 aromatic heterocycles. The Morgan fingerprint density at radius 2 is 2.21 bits per heavy atom. The Morgan fingerprint density at radius 3 is 2.79 bits per heavy atom. The van der Waals surface area contributed by atoms with Crippen molar-refractivity contribution in [2.45, 2.75) is 26.2 Å². The van der Waals surface area contributed by atoms with Crippen molar-refractivity contribution in [2.75, 3.05) is 0 Å². The molecule has 0 saturated heterocycles. The molecule has 0 radical (unpaired) electrons. The van der Waals surface area contributed by atoms with E-state index in [0.717, 1.165) is 6.42 Å². The molecule has 0 aliphatic rings. The van der Waals surface area contributed by atoms with Crippen molar-refractivity contribution < 1.29 is 4.79 Å². The molecule has 76 valence electrons. The van der Waals surface area contributed by atoms with Crippen LogP contribution < -0.4 is 0 Å². The third-order valence-corrected chi connectivity index (χ3v) is 2.31. The minimum atomic E-state index is 0.157. The molecule has 1 aromatic rings. The number of ketones is 1. The summed E-state index contributed by atoms with van der Waals surface area (Å²) in [6.07, 6.45) is 3.22. The lowest BCUT2D eigenvalue weighted by Crippen LogP contribution is -2.04. The first-order valence-electron chi connectivity index (χ1n) is 4.45. The van der Waals surface area contributed by atoms with Gasteiger partial charge in [-0.2, -0.15) is 0 Å². The fourth-order valence-corrected chi connectivity index (χ4v) is 1.57. The van der Waals surface area contributed by atoms with Crippen LogP contribution in [0.4, 0.5) is 0 Å². The molecule has 0 aliphatic heterocycles. The van der Waals surface area contributed by atoms with Gasteiger partial charge in [0.05, 0.1) is 22.2 Å². The summed E-state index contributed by atoms with van der Waals surface area (Å²) in [5, 5.41) is 0.948. The molecule has 0 aromatic carbocycles. The summed E-state index contributed by atoms with van der Waals surface area (Å²) in [6.45, 7) is 1.97. The van der Waals surface area contributed by atoms with Crippen molar-refractivity contribution in [1.29, 1.82) is 0 Å². The number of carbonyl (C=O) groups is 1. The average molecular weight is 232 g/mol. The normalized spacial score (nSPS) is 10.2. The Bertz CT molecular complexity index is 339. The van der Waals surface area contributed by atoms with E-state index in [0.29, 0.717) is 28.6 Å². The Labute approximate surface area is 93.2 Å². The number of Topliss-reactive ketones (excluding diaryl/α,β-unsaturated/α-hetero) is 1. The van der Waals surface area contributed by atoms with Crippen molar-refractivity contribution in [2.24, 2.45) is 0 Å². The predicted molar refractivity (Wildman–Crippen MR) is 57.9 cm³/mol. The number of nitrogens with zero attached hydrogens (tertiary/aromatic N) is 1. The molecule has 1 heterocycles. The highest BCUT2D eigenvalue weighted by molar-refractivity contribution is 6.34. The standard InChI is InChI=1S/C10H11Cl2NO/c1-2-3-8(14)5-10-9(12)4-7(11)6-13-10/h4,6H,2-3,5H2,1H3. The molecule has 0 aliphatic carbocycles. The van der Waals surface area contributed by atoms with Crippen molar-refractivity contribution in [3.63, 3.8) is 0 Å². The third kappa shape index (κ3) is 3.28. The van der Waals surface area contributed by atoms with E-state index in [2.05, 4.69) is 4.98 Å². The lowest BCUT2D eigenvalue weighted by Gasteiger charge is -2.02. The molecule has 4 heteroatoms. The van der Waals surface area contributed by atoms with Gasteiger partial charge in [-0.05, 0) is 12.5 Å². The van der Waals surface area contributed by atoms with Crippen LogP contribution in [0.25, 0.3) is 0 Å². The van der Waals surface area contributed by atoms with E-state index < -0.39 is 0 Å². The van der Waals surface area contributed by atoms with Gasteiger partial charge in [0, 0.05) is 12.6 Å². The first kappa shape index (κ1) is 11.5. The van der Waals surface area contributed by atoms with E-state index in [9.17, 15) is 4.79 Å². The number of carbonyl (C=O) groups excluding carboxylic acids is 1. The summed E-state index contributed by atoms with van der Waals surface area (Å²) in [4.78, 5) is 15.3. The largest absolute Gasteiger partial charge is 0.299 e. The first-order valence-corrected chi connectivity index (χ1v) is 5.20. The third-order valence-electron chi connectivity index (χ3n) is 1.78. The van der Waals surface area contributed by atoms with Gasteiger partial charge in [-0.15, -0.1) is 0 Å². The molecule has 0 N–H and O–H groups in total. The van der Waals surface area contributed by atoms with E-state index >= 15 is 0 Å². The molecular formula is C10H11Cl2NO. The SMILES string of the molecule is CCCC(=O)Cc1ncc(Cl)cc1Cl. The summed E-state index contributed by atoms with van der Waals surface area (Å²) in [7, 11) is 0. The van der Waals surface area contributed by atoms with E-state index in [-0.39, 0.29) is 5.78 Å². The van der Waals surface area contributed by atoms with Crippen LogP contribution in [0.1, 0.15) is 25.5 Å². The second-order valence-electron chi connectivity index (χ2n) is 3.05. The molecule has 0 atom stereocenters. The summed E-state index contributed by atoms with van der Waals surface area (Å²) < 4.78 is 0. The number of pyridine rings is 1. The van der Waals surface area contributed by atoms with Crippen molar-refractivity contribution in [3.8, 4) is 0 Å². The van der Waals surface area contributed by atoms with Gasteiger partial charge in [-0.1, -0.05) is 30.1 Å². The van der Waals surface area contributed by atoms with Crippen LogP contribution in [0, 0.1) is 0 Å². The second kappa shape index (κ2) is 5.32. The molecule has 0 unspecified atom stereocenters. The summed E-state index contributed by atoms with van der Waals surface area (Å²) >= 11 is 11.6. The number of halogens is 2. The van der Waals surface area contributed by atoms with Crippen molar-refractivity contribution in [1.82, 2.24) is 4.98 Å². The zero-order valence-electron chi connectivity index (χ0n) is 7.89. The van der Waals surface area contributed by atoms with E-state index in [1.807, 2.05) is 6.92 Å². The van der Waals surface area contributed by atoms with Gasteiger partial charge in [0.15, 0.2) is 0 Å². The van der Waals surface area contributed by atoms with Crippen molar-refractivity contribution >= 4 is 29.0 Å². The van der Waals surface area contributed by atoms with Gasteiger partial charge < -0.3 is 0 Å². The van der Waals surface area contributed by atoms with Crippen LogP contribution in [0.2, 0.25) is 10.0 Å². The van der Waals surface area contributed by atoms with E-state index in [1.165, 1.54) is 6.20 Å². The van der Waals surface area contributed by atoms with Gasteiger partial charge in [-0.3, -0.25) is 9.78 Å². The molecule has 0 amide bonds. The van der Waals surface area contributed by atoms with Gasteiger partial charge >= 0.3 is 0 Å². The quantitative estimate of drug-likeness (QED) is 0.797. The average Bonchev–Trinajstić information content (AvgIpc) is 2.10. The van der Waals surface area contributed by atoms with E-state index in [1.54, 1.807) is 6.07 Å². The molecule has 0 saturated carbocycles. The fraction of sp³-hybridized carbons (Fsp3) is 0.400. The molecule has 2 nitrogen and oxygen atoms in total. The van der Waals surface area contributed by atoms with Gasteiger partial charge in [0.25, 0.3) is 0 Å². The zero-order valence-corrected chi connectivity index (χ0v) is 9.40. The van der Waals surface area contributed by atoms with Gasteiger partial charge in [0.2, 0.25) is 0 Å². The topological polar surface area (TPSA) is 30.0 Å². The highest BCUT2D eigenvalue weighted by atomic mass is 35.5. The highest BCUT2D eigenvalue weighted by Gasteiger charge is 2.07. The number of rotatable bonds is 4. The molecule has 14 heavy (non-hydrogen) atoms. The number of aromatic nitrogens is 1. The Balaban J connectivity index is 2.72. The minimum Gasteiger partial charge on any atom is -0.299 e.